The van der Waals surface area contributed by atoms with Crippen LogP contribution >= 0.6 is 11.6 Å². The standard InChI is InChI=1S/C16H14ClF3O/c1-10-8-12(16(18,19)20)6-7-13(10)15(21)9-11-4-2-3-5-14(11)17/h2-8,15,21H,9H2,1H3. The van der Waals surface area contributed by atoms with Crippen LogP contribution in [-0.2, 0) is 12.6 Å². The lowest BCUT2D eigenvalue weighted by Crippen LogP contribution is -2.09. The maximum absolute atomic E-state index is 12.6. The van der Waals surface area contributed by atoms with Crippen LogP contribution in [-0.4, -0.2) is 5.11 Å². The van der Waals surface area contributed by atoms with Crippen LogP contribution in [0.25, 0.3) is 0 Å². The van der Waals surface area contributed by atoms with Gasteiger partial charge in [0.25, 0.3) is 0 Å². The van der Waals surface area contributed by atoms with E-state index in [0.717, 1.165) is 17.7 Å². The summed E-state index contributed by atoms with van der Waals surface area (Å²) in [5.41, 5.74) is 0.923. The lowest BCUT2D eigenvalue weighted by molar-refractivity contribution is -0.137. The average molecular weight is 315 g/mol. The summed E-state index contributed by atoms with van der Waals surface area (Å²) in [7, 11) is 0. The van der Waals surface area contributed by atoms with Crippen LogP contribution in [0.3, 0.4) is 0 Å². The minimum Gasteiger partial charge on any atom is -0.388 e. The number of aryl methyl sites for hydroxylation is 1. The van der Waals surface area contributed by atoms with E-state index in [0.29, 0.717) is 16.1 Å². The SMILES string of the molecule is Cc1cc(C(F)(F)F)ccc1C(O)Cc1ccccc1Cl. The molecule has 1 nitrogen and oxygen atoms in total. The largest absolute Gasteiger partial charge is 0.416 e. The molecule has 1 atom stereocenters. The molecule has 0 saturated carbocycles. The number of hydrogen-bond acceptors (Lipinski definition) is 1. The number of aliphatic hydroxyl groups is 1. The molecule has 0 heterocycles. The Morgan fingerprint density at radius 2 is 1.81 bits per heavy atom. The number of hydrogen-bond donors (Lipinski definition) is 1. The van der Waals surface area contributed by atoms with Crippen molar-refractivity contribution in [3.05, 3.63) is 69.7 Å². The Morgan fingerprint density at radius 1 is 1.14 bits per heavy atom. The summed E-state index contributed by atoms with van der Waals surface area (Å²) in [5.74, 6) is 0. The van der Waals surface area contributed by atoms with Crippen molar-refractivity contribution in [1.82, 2.24) is 0 Å². The smallest absolute Gasteiger partial charge is 0.388 e. The van der Waals surface area contributed by atoms with Crippen LogP contribution in [0.15, 0.2) is 42.5 Å². The second-order valence-corrected chi connectivity index (χ2v) is 5.29. The quantitative estimate of drug-likeness (QED) is 0.850. The predicted octanol–water partition coefficient (Wildman–Crippen LogP) is 4.94. The Hall–Kier alpha value is -1.52. The summed E-state index contributed by atoms with van der Waals surface area (Å²) in [6, 6.07) is 10.4. The van der Waals surface area contributed by atoms with Gasteiger partial charge in [0.15, 0.2) is 0 Å². The summed E-state index contributed by atoms with van der Waals surface area (Å²) in [6.07, 6.45) is -5.02. The first-order valence-electron chi connectivity index (χ1n) is 6.38. The van der Waals surface area contributed by atoms with Crippen molar-refractivity contribution in [2.24, 2.45) is 0 Å². The summed E-state index contributed by atoms with van der Waals surface area (Å²) in [4.78, 5) is 0. The Kier molecular flexibility index (Phi) is 4.59. The fraction of sp³-hybridized carbons (Fsp3) is 0.250. The molecule has 0 aliphatic rings. The first-order valence-corrected chi connectivity index (χ1v) is 6.76. The van der Waals surface area contributed by atoms with Crippen LogP contribution in [0.5, 0.6) is 0 Å². The molecule has 2 aromatic rings. The molecule has 0 aliphatic carbocycles. The maximum Gasteiger partial charge on any atom is 0.416 e. The third kappa shape index (κ3) is 3.77. The van der Waals surface area contributed by atoms with Gasteiger partial charge in [-0.15, -0.1) is 0 Å². The van der Waals surface area contributed by atoms with E-state index in [1.165, 1.54) is 6.07 Å². The van der Waals surface area contributed by atoms with Crippen molar-refractivity contribution in [3.63, 3.8) is 0 Å². The average Bonchev–Trinajstić information content (AvgIpc) is 2.40. The molecule has 0 aliphatic heterocycles. The first kappa shape index (κ1) is 15.9. The van der Waals surface area contributed by atoms with Crippen LogP contribution in [0.4, 0.5) is 13.2 Å². The summed E-state index contributed by atoms with van der Waals surface area (Å²) in [5, 5.41) is 10.8. The Labute approximate surface area is 126 Å². The Bertz CT molecular complexity index is 638. The molecule has 0 radical (unpaired) electrons. The van der Waals surface area contributed by atoms with E-state index in [-0.39, 0.29) is 6.42 Å². The lowest BCUT2D eigenvalue weighted by Gasteiger charge is -2.16. The Morgan fingerprint density at radius 3 is 2.38 bits per heavy atom. The molecule has 5 heteroatoms. The summed E-state index contributed by atoms with van der Waals surface area (Å²) in [6.45, 7) is 1.56. The molecule has 21 heavy (non-hydrogen) atoms. The predicted molar refractivity (Wildman–Crippen MR) is 76.3 cm³/mol. The second kappa shape index (κ2) is 6.08. The third-order valence-electron chi connectivity index (χ3n) is 3.33. The van der Waals surface area contributed by atoms with Gasteiger partial charge in [-0.3, -0.25) is 0 Å². The lowest BCUT2D eigenvalue weighted by atomic mass is 9.96. The molecule has 0 fully saturated rings. The van der Waals surface area contributed by atoms with Crippen molar-refractivity contribution >= 4 is 11.6 Å². The monoisotopic (exact) mass is 314 g/mol. The van der Waals surface area contributed by atoms with Crippen LogP contribution in [0, 0.1) is 6.92 Å². The zero-order valence-corrected chi connectivity index (χ0v) is 12.0. The van der Waals surface area contributed by atoms with Crippen LogP contribution < -0.4 is 0 Å². The normalized spacial score (nSPS) is 13.2. The van der Waals surface area contributed by atoms with Gasteiger partial charge in [-0.1, -0.05) is 35.9 Å². The van der Waals surface area contributed by atoms with E-state index >= 15 is 0 Å². The molecule has 0 bridgehead atoms. The number of benzene rings is 2. The highest BCUT2D eigenvalue weighted by Gasteiger charge is 2.31. The van der Waals surface area contributed by atoms with Crippen molar-refractivity contribution in [1.29, 1.82) is 0 Å². The molecular weight excluding hydrogens is 301 g/mol. The molecule has 1 N–H and O–H groups in total. The van der Waals surface area contributed by atoms with Gasteiger partial charge in [0.1, 0.15) is 0 Å². The number of alkyl halides is 3. The molecule has 2 rings (SSSR count). The van der Waals surface area contributed by atoms with Crippen LogP contribution in [0.1, 0.15) is 28.4 Å². The van der Waals surface area contributed by atoms with Crippen molar-refractivity contribution in [3.8, 4) is 0 Å². The third-order valence-corrected chi connectivity index (χ3v) is 3.70. The van der Waals surface area contributed by atoms with Crippen molar-refractivity contribution in [2.75, 3.05) is 0 Å². The van der Waals surface area contributed by atoms with Gasteiger partial charge in [0, 0.05) is 11.4 Å². The minimum atomic E-state index is -4.38. The van der Waals surface area contributed by atoms with E-state index in [9.17, 15) is 18.3 Å². The Balaban J connectivity index is 2.24. The molecule has 0 aromatic heterocycles. The molecule has 1 unspecified atom stereocenters. The van der Waals surface area contributed by atoms with Crippen molar-refractivity contribution in [2.45, 2.75) is 25.6 Å². The number of rotatable bonds is 3. The summed E-state index contributed by atoms with van der Waals surface area (Å²) < 4.78 is 37.9. The van der Waals surface area contributed by atoms with Gasteiger partial charge in [-0.25, -0.2) is 0 Å². The molecular formula is C16H14ClF3O. The second-order valence-electron chi connectivity index (χ2n) is 4.88. The fourth-order valence-corrected chi connectivity index (χ4v) is 2.42. The van der Waals surface area contributed by atoms with E-state index in [1.54, 1.807) is 31.2 Å². The zero-order valence-electron chi connectivity index (χ0n) is 11.3. The molecule has 2 aromatic carbocycles. The number of aliphatic hydroxyl groups excluding tert-OH is 1. The van der Waals surface area contributed by atoms with Gasteiger partial charge < -0.3 is 5.11 Å². The topological polar surface area (TPSA) is 20.2 Å². The molecule has 0 saturated heterocycles. The number of halogens is 4. The van der Waals surface area contributed by atoms with Gasteiger partial charge in [0.2, 0.25) is 0 Å². The molecule has 0 amide bonds. The zero-order chi connectivity index (χ0) is 15.6. The van der Waals surface area contributed by atoms with Gasteiger partial charge in [-0.05, 0) is 41.8 Å². The van der Waals surface area contributed by atoms with Gasteiger partial charge in [0.05, 0.1) is 11.7 Å². The van der Waals surface area contributed by atoms with Crippen molar-refractivity contribution < 1.29 is 18.3 Å². The van der Waals surface area contributed by atoms with Gasteiger partial charge in [-0.2, -0.15) is 13.2 Å². The van der Waals surface area contributed by atoms with E-state index < -0.39 is 17.8 Å². The van der Waals surface area contributed by atoms with E-state index in [2.05, 4.69) is 0 Å². The fourth-order valence-electron chi connectivity index (χ4n) is 2.21. The summed E-state index contributed by atoms with van der Waals surface area (Å²) >= 11 is 6.02. The van der Waals surface area contributed by atoms with Gasteiger partial charge >= 0.3 is 6.18 Å². The van der Waals surface area contributed by atoms with E-state index in [1.807, 2.05) is 0 Å². The molecule has 0 spiro atoms. The minimum absolute atomic E-state index is 0.256. The van der Waals surface area contributed by atoms with E-state index in [4.69, 9.17) is 11.6 Å². The highest BCUT2D eigenvalue weighted by molar-refractivity contribution is 6.31. The highest BCUT2D eigenvalue weighted by Crippen LogP contribution is 2.32. The molecule has 112 valence electrons. The van der Waals surface area contributed by atoms with Crippen LogP contribution in [0.2, 0.25) is 5.02 Å². The maximum atomic E-state index is 12.6. The first-order chi connectivity index (χ1) is 9.79. The highest BCUT2D eigenvalue weighted by atomic mass is 35.5.